The molecule has 0 atom stereocenters. The van der Waals surface area contributed by atoms with E-state index in [1.807, 2.05) is 5.38 Å². The van der Waals surface area contributed by atoms with E-state index in [4.69, 9.17) is 0 Å². The molecule has 0 spiro atoms. The van der Waals surface area contributed by atoms with Crippen LogP contribution in [0.25, 0.3) is 10.1 Å². The summed E-state index contributed by atoms with van der Waals surface area (Å²) in [5, 5.41) is 2.57. The van der Waals surface area contributed by atoms with Gasteiger partial charge < -0.3 is 4.90 Å². The van der Waals surface area contributed by atoms with E-state index in [9.17, 15) is 9.18 Å². The predicted molar refractivity (Wildman–Crippen MR) is 104 cm³/mol. The first-order chi connectivity index (χ1) is 12.2. The van der Waals surface area contributed by atoms with Gasteiger partial charge in [0.05, 0.1) is 5.69 Å². The fourth-order valence-electron chi connectivity index (χ4n) is 4.68. The molecule has 1 aromatic heterocycles. The van der Waals surface area contributed by atoms with Gasteiger partial charge >= 0.3 is 0 Å². The molecule has 2 saturated carbocycles. The predicted octanol–water partition coefficient (Wildman–Crippen LogP) is 5.87. The Morgan fingerprint density at radius 1 is 0.920 bits per heavy atom. The standard InChI is InChI=1S/C21H26FNOS/c22-15-11-12-20-18(13-15)21(24)19(14-25-20)23(16-7-3-1-4-8-16)17-9-5-2-6-10-17/h11-14,16-17H,1-10H2. The van der Waals surface area contributed by atoms with Crippen LogP contribution < -0.4 is 10.3 Å². The number of hydrogen-bond acceptors (Lipinski definition) is 3. The first kappa shape index (κ1) is 17.0. The van der Waals surface area contributed by atoms with Gasteiger partial charge in [0.15, 0.2) is 0 Å². The Labute approximate surface area is 152 Å². The van der Waals surface area contributed by atoms with E-state index in [2.05, 4.69) is 4.90 Å². The lowest BCUT2D eigenvalue weighted by Gasteiger charge is -2.43. The maximum Gasteiger partial charge on any atom is 0.211 e. The lowest BCUT2D eigenvalue weighted by molar-refractivity contribution is 0.339. The molecule has 0 N–H and O–H groups in total. The zero-order valence-electron chi connectivity index (χ0n) is 14.7. The minimum Gasteiger partial charge on any atom is -0.362 e. The second kappa shape index (κ2) is 7.45. The van der Waals surface area contributed by atoms with Gasteiger partial charge in [-0.15, -0.1) is 11.3 Å². The number of nitrogens with zero attached hydrogens (tertiary/aromatic N) is 1. The van der Waals surface area contributed by atoms with Crippen LogP contribution in [-0.2, 0) is 0 Å². The summed E-state index contributed by atoms with van der Waals surface area (Å²) in [4.78, 5) is 15.7. The molecule has 4 heteroatoms. The molecule has 0 saturated heterocycles. The summed E-state index contributed by atoms with van der Waals surface area (Å²) in [6.07, 6.45) is 12.4. The lowest BCUT2D eigenvalue weighted by Crippen LogP contribution is -2.47. The Balaban J connectivity index is 1.79. The Hall–Kier alpha value is -1.42. The molecule has 2 aliphatic carbocycles. The topological polar surface area (TPSA) is 20.3 Å². The normalized spacial score (nSPS) is 20.0. The number of halogens is 1. The van der Waals surface area contributed by atoms with Crippen LogP contribution in [0.2, 0.25) is 0 Å². The van der Waals surface area contributed by atoms with Crippen LogP contribution in [0.4, 0.5) is 10.1 Å². The van der Waals surface area contributed by atoms with Crippen LogP contribution in [0.5, 0.6) is 0 Å². The van der Waals surface area contributed by atoms with Crippen LogP contribution in [0.3, 0.4) is 0 Å². The SMILES string of the molecule is O=c1c(N(C2CCCCC2)C2CCCCC2)csc2ccc(F)cc12. The molecule has 134 valence electrons. The van der Waals surface area contributed by atoms with E-state index in [1.165, 1.54) is 76.3 Å². The fourth-order valence-corrected chi connectivity index (χ4v) is 5.57. The van der Waals surface area contributed by atoms with E-state index in [-0.39, 0.29) is 11.2 Å². The van der Waals surface area contributed by atoms with Crippen LogP contribution >= 0.6 is 11.3 Å². The highest BCUT2D eigenvalue weighted by molar-refractivity contribution is 7.16. The summed E-state index contributed by atoms with van der Waals surface area (Å²) in [7, 11) is 0. The molecule has 0 unspecified atom stereocenters. The van der Waals surface area contributed by atoms with Crippen molar-refractivity contribution in [2.45, 2.75) is 76.3 Å². The third-order valence-corrected chi connectivity index (χ3v) is 6.88. The molecule has 1 heterocycles. The Morgan fingerprint density at radius 3 is 2.12 bits per heavy atom. The van der Waals surface area contributed by atoms with Crippen molar-refractivity contribution in [3.8, 4) is 0 Å². The first-order valence-electron chi connectivity index (χ1n) is 9.73. The van der Waals surface area contributed by atoms with Gasteiger partial charge in [-0.1, -0.05) is 38.5 Å². The third kappa shape index (κ3) is 3.46. The minimum atomic E-state index is -0.323. The van der Waals surface area contributed by atoms with Crippen molar-refractivity contribution in [3.63, 3.8) is 0 Å². The van der Waals surface area contributed by atoms with Crippen molar-refractivity contribution in [3.05, 3.63) is 39.6 Å². The van der Waals surface area contributed by atoms with Gasteiger partial charge in [-0.25, -0.2) is 4.39 Å². The maximum absolute atomic E-state index is 13.7. The van der Waals surface area contributed by atoms with E-state index < -0.39 is 0 Å². The molecule has 25 heavy (non-hydrogen) atoms. The molecular formula is C21H26FNOS. The van der Waals surface area contributed by atoms with Crippen LogP contribution in [-0.4, -0.2) is 12.1 Å². The summed E-state index contributed by atoms with van der Waals surface area (Å²) in [6, 6.07) is 5.53. The molecule has 0 aliphatic heterocycles. The summed E-state index contributed by atoms with van der Waals surface area (Å²) >= 11 is 1.57. The maximum atomic E-state index is 13.7. The van der Waals surface area contributed by atoms with Crippen molar-refractivity contribution in [1.29, 1.82) is 0 Å². The number of fused-ring (bicyclic) bond motifs is 1. The van der Waals surface area contributed by atoms with E-state index in [1.54, 1.807) is 17.4 Å². The zero-order chi connectivity index (χ0) is 17.2. The fraction of sp³-hybridized carbons (Fsp3) is 0.571. The lowest BCUT2D eigenvalue weighted by atomic mass is 9.88. The second-order valence-electron chi connectivity index (χ2n) is 7.58. The summed E-state index contributed by atoms with van der Waals surface area (Å²) in [5.74, 6) is -0.323. The van der Waals surface area contributed by atoms with Gasteiger partial charge in [0, 0.05) is 27.5 Å². The Morgan fingerprint density at radius 2 is 1.52 bits per heavy atom. The second-order valence-corrected chi connectivity index (χ2v) is 8.49. The molecule has 2 nitrogen and oxygen atoms in total. The Kier molecular flexibility index (Phi) is 5.07. The summed E-state index contributed by atoms with van der Waals surface area (Å²) < 4.78 is 14.6. The van der Waals surface area contributed by atoms with Gasteiger partial charge in [0.2, 0.25) is 5.43 Å². The van der Waals surface area contributed by atoms with Crippen LogP contribution in [0.15, 0.2) is 28.4 Å². The molecule has 2 fully saturated rings. The third-order valence-electron chi connectivity index (χ3n) is 5.93. The molecule has 4 rings (SSSR count). The van der Waals surface area contributed by atoms with Crippen molar-refractivity contribution in [2.24, 2.45) is 0 Å². The molecule has 0 radical (unpaired) electrons. The largest absolute Gasteiger partial charge is 0.362 e. The van der Waals surface area contributed by atoms with Crippen molar-refractivity contribution in [1.82, 2.24) is 0 Å². The van der Waals surface area contributed by atoms with Crippen molar-refractivity contribution < 1.29 is 4.39 Å². The number of benzene rings is 1. The molecule has 2 aromatic rings. The first-order valence-corrected chi connectivity index (χ1v) is 10.6. The van der Waals surface area contributed by atoms with Gasteiger partial charge in [0.1, 0.15) is 5.82 Å². The number of hydrogen-bond donors (Lipinski definition) is 0. The number of anilines is 1. The highest BCUT2D eigenvalue weighted by atomic mass is 32.1. The van der Waals surface area contributed by atoms with E-state index in [0.29, 0.717) is 17.5 Å². The molecule has 0 amide bonds. The van der Waals surface area contributed by atoms with Crippen LogP contribution in [0.1, 0.15) is 64.2 Å². The zero-order valence-corrected chi connectivity index (χ0v) is 15.5. The van der Waals surface area contributed by atoms with Gasteiger partial charge in [-0.3, -0.25) is 4.79 Å². The minimum absolute atomic E-state index is 0.0180. The molecule has 0 bridgehead atoms. The molecule has 2 aliphatic rings. The monoisotopic (exact) mass is 359 g/mol. The summed E-state index contributed by atoms with van der Waals surface area (Å²) in [5.41, 5.74) is 0.839. The average molecular weight is 360 g/mol. The number of rotatable bonds is 3. The highest BCUT2D eigenvalue weighted by Gasteiger charge is 2.30. The van der Waals surface area contributed by atoms with Crippen LogP contribution in [0, 0.1) is 5.82 Å². The summed E-state index contributed by atoms with van der Waals surface area (Å²) in [6.45, 7) is 0. The van der Waals surface area contributed by atoms with Gasteiger partial charge in [-0.05, 0) is 43.9 Å². The van der Waals surface area contributed by atoms with E-state index >= 15 is 0 Å². The van der Waals surface area contributed by atoms with Gasteiger partial charge in [0.25, 0.3) is 0 Å². The van der Waals surface area contributed by atoms with Gasteiger partial charge in [-0.2, -0.15) is 0 Å². The smallest absolute Gasteiger partial charge is 0.211 e. The van der Waals surface area contributed by atoms with Crippen molar-refractivity contribution >= 4 is 27.1 Å². The average Bonchev–Trinajstić information content (AvgIpc) is 2.66. The molecular weight excluding hydrogens is 333 g/mol. The van der Waals surface area contributed by atoms with E-state index in [0.717, 1.165) is 10.4 Å². The van der Waals surface area contributed by atoms with Crippen molar-refractivity contribution in [2.75, 3.05) is 4.90 Å². The Bertz CT molecular complexity index is 772. The molecule has 1 aromatic carbocycles. The highest BCUT2D eigenvalue weighted by Crippen LogP contribution is 2.34. The quantitative estimate of drug-likeness (QED) is 0.683.